The molecule has 0 unspecified atom stereocenters. The van der Waals surface area contributed by atoms with Crippen LogP contribution in [0.4, 0.5) is 11.4 Å². The zero-order chi connectivity index (χ0) is 14.5. The van der Waals surface area contributed by atoms with E-state index in [0.29, 0.717) is 12.2 Å². The van der Waals surface area contributed by atoms with Crippen LogP contribution in [0.25, 0.3) is 0 Å². The first-order valence-electron chi connectivity index (χ1n) is 6.52. The van der Waals surface area contributed by atoms with Gasteiger partial charge in [0.1, 0.15) is 11.8 Å². The summed E-state index contributed by atoms with van der Waals surface area (Å²) in [7, 11) is 0. The number of pyridine rings is 1. The molecule has 102 valence electrons. The van der Waals surface area contributed by atoms with Crippen molar-refractivity contribution in [1.29, 1.82) is 5.26 Å². The summed E-state index contributed by atoms with van der Waals surface area (Å²) in [6, 6.07) is 11.7. The van der Waals surface area contributed by atoms with Gasteiger partial charge in [0, 0.05) is 11.4 Å². The molecule has 0 saturated heterocycles. The highest BCUT2D eigenvalue weighted by atomic mass is 16.5. The van der Waals surface area contributed by atoms with Crippen molar-refractivity contribution in [1.82, 2.24) is 4.98 Å². The van der Waals surface area contributed by atoms with Crippen molar-refractivity contribution in [3.05, 3.63) is 47.3 Å². The molecule has 2 rings (SSSR count). The van der Waals surface area contributed by atoms with Gasteiger partial charge in [-0.1, -0.05) is 0 Å². The quantitative estimate of drug-likeness (QED) is 0.917. The van der Waals surface area contributed by atoms with Gasteiger partial charge in [-0.05, 0) is 51.1 Å². The first-order valence-corrected chi connectivity index (χ1v) is 6.52. The SMILES string of the molecule is CCOc1ccc(Nc2cc(C)nc(C)c2C#N)cc1. The molecule has 1 heterocycles. The molecule has 20 heavy (non-hydrogen) atoms. The van der Waals surface area contributed by atoms with Crippen molar-refractivity contribution in [2.75, 3.05) is 11.9 Å². The van der Waals surface area contributed by atoms with E-state index in [1.807, 2.05) is 51.1 Å². The Balaban J connectivity index is 2.28. The fourth-order valence-corrected chi connectivity index (χ4v) is 2.03. The molecule has 0 atom stereocenters. The predicted molar refractivity (Wildman–Crippen MR) is 79.3 cm³/mol. The van der Waals surface area contributed by atoms with Crippen LogP contribution in [-0.4, -0.2) is 11.6 Å². The summed E-state index contributed by atoms with van der Waals surface area (Å²) in [6.07, 6.45) is 0. The van der Waals surface area contributed by atoms with Crippen molar-refractivity contribution < 1.29 is 4.74 Å². The Morgan fingerprint density at radius 3 is 2.55 bits per heavy atom. The Morgan fingerprint density at radius 1 is 1.25 bits per heavy atom. The van der Waals surface area contributed by atoms with E-state index in [9.17, 15) is 5.26 Å². The maximum atomic E-state index is 9.23. The zero-order valence-corrected chi connectivity index (χ0v) is 11.9. The van der Waals surface area contributed by atoms with Crippen LogP contribution in [0.5, 0.6) is 5.75 Å². The molecular formula is C16H17N3O. The number of nitriles is 1. The summed E-state index contributed by atoms with van der Waals surface area (Å²) < 4.78 is 5.40. The van der Waals surface area contributed by atoms with E-state index >= 15 is 0 Å². The molecular weight excluding hydrogens is 250 g/mol. The second-order valence-electron chi connectivity index (χ2n) is 4.47. The largest absolute Gasteiger partial charge is 0.494 e. The highest BCUT2D eigenvalue weighted by Crippen LogP contribution is 2.24. The number of rotatable bonds is 4. The topological polar surface area (TPSA) is 57.9 Å². The zero-order valence-electron chi connectivity index (χ0n) is 11.9. The summed E-state index contributed by atoms with van der Waals surface area (Å²) in [6.45, 7) is 6.36. The lowest BCUT2D eigenvalue weighted by molar-refractivity contribution is 0.340. The number of aromatic nitrogens is 1. The summed E-state index contributed by atoms with van der Waals surface area (Å²) in [4.78, 5) is 4.30. The van der Waals surface area contributed by atoms with Crippen LogP contribution in [0.2, 0.25) is 0 Å². The standard InChI is InChI=1S/C16H17N3O/c1-4-20-14-7-5-13(6-8-14)19-16-9-11(2)18-12(3)15(16)10-17/h5-9H,4H2,1-3H3,(H,18,19). The molecule has 4 heteroatoms. The highest BCUT2D eigenvalue weighted by Gasteiger charge is 2.08. The molecule has 0 bridgehead atoms. The van der Waals surface area contributed by atoms with Crippen LogP contribution in [0.15, 0.2) is 30.3 Å². The molecule has 0 amide bonds. The lowest BCUT2D eigenvalue weighted by Crippen LogP contribution is -1.99. The molecule has 0 radical (unpaired) electrons. The smallest absolute Gasteiger partial charge is 0.119 e. The monoisotopic (exact) mass is 267 g/mol. The predicted octanol–water partition coefficient (Wildman–Crippen LogP) is 3.71. The molecule has 0 saturated carbocycles. The molecule has 4 nitrogen and oxygen atoms in total. The van der Waals surface area contributed by atoms with Gasteiger partial charge in [0.15, 0.2) is 0 Å². The van der Waals surface area contributed by atoms with Crippen LogP contribution in [0.1, 0.15) is 23.9 Å². The van der Waals surface area contributed by atoms with E-state index in [0.717, 1.165) is 28.5 Å². The van der Waals surface area contributed by atoms with Gasteiger partial charge in [0.2, 0.25) is 0 Å². The summed E-state index contributed by atoms with van der Waals surface area (Å²) in [5, 5.41) is 12.5. The Kier molecular flexibility index (Phi) is 4.21. The molecule has 0 aliphatic carbocycles. The van der Waals surface area contributed by atoms with E-state index in [-0.39, 0.29) is 0 Å². The van der Waals surface area contributed by atoms with E-state index < -0.39 is 0 Å². The van der Waals surface area contributed by atoms with Crippen LogP contribution in [0.3, 0.4) is 0 Å². The van der Waals surface area contributed by atoms with Crippen LogP contribution in [-0.2, 0) is 0 Å². The molecule has 0 spiro atoms. The van der Waals surface area contributed by atoms with Crippen molar-refractivity contribution >= 4 is 11.4 Å². The molecule has 1 aromatic carbocycles. The number of hydrogen-bond donors (Lipinski definition) is 1. The third kappa shape index (κ3) is 3.07. The van der Waals surface area contributed by atoms with Crippen molar-refractivity contribution in [3.8, 4) is 11.8 Å². The minimum absolute atomic E-state index is 0.574. The number of anilines is 2. The molecule has 0 aliphatic rings. The Labute approximate surface area is 119 Å². The number of hydrogen-bond acceptors (Lipinski definition) is 4. The van der Waals surface area contributed by atoms with Crippen molar-refractivity contribution in [2.45, 2.75) is 20.8 Å². The molecule has 1 aromatic heterocycles. The van der Waals surface area contributed by atoms with E-state index in [2.05, 4.69) is 16.4 Å². The summed E-state index contributed by atoms with van der Waals surface area (Å²) in [5.41, 5.74) is 3.89. The van der Waals surface area contributed by atoms with Gasteiger partial charge in [-0.3, -0.25) is 4.98 Å². The minimum Gasteiger partial charge on any atom is -0.494 e. The van der Waals surface area contributed by atoms with Gasteiger partial charge >= 0.3 is 0 Å². The Bertz CT molecular complexity index is 642. The average molecular weight is 267 g/mol. The molecule has 0 fully saturated rings. The first kappa shape index (κ1) is 13.9. The Hall–Kier alpha value is -2.54. The molecule has 1 N–H and O–H groups in total. The lowest BCUT2D eigenvalue weighted by atomic mass is 10.1. The third-order valence-electron chi connectivity index (χ3n) is 2.88. The molecule has 2 aromatic rings. The maximum absolute atomic E-state index is 9.23. The van der Waals surface area contributed by atoms with Crippen molar-refractivity contribution in [2.24, 2.45) is 0 Å². The van der Waals surface area contributed by atoms with Gasteiger partial charge in [-0.2, -0.15) is 5.26 Å². The van der Waals surface area contributed by atoms with E-state index in [1.165, 1.54) is 0 Å². The van der Waals surface area contributed by atoms with Gasteiger partial charge in [0.05, 0.1) is 23.6 Å². The maximum Gasteiger partial charge on any atom is 0.119 e. The van der Waals surface area contributed by atoms with Gasteiger partial charge < -0.3 is 10.1 Å². The highest BCUT2D eigenvalue weighted by molar-refractivity contribution is 5.68. The number of nitrogens with zero attached hydrogens (tertiary/aromatic N) is 2. The van der Waals surface area contributed by atoms with Gasteiger partial charge in [-0.25, -0.2) is 0 Å². The minimum atomic E-state index is 0.574. The number of nitrogens with one attached hydrogen (secondary N) is 1. The number of ether oxygens (including phenoxy) is 1. The van der Waals surface area contributed by atoms with E-state index in [4.69, 9.17) is 4.74 Å². The van der Waals surface area contributed by atoms with Crippen LogP contribution >= 0.6 is 0 Å². The second kappa shape index (κ2) is 6.07. The van der Waals surface area contributed by atoms with Crippen LogP contribution in [0, 0.1) is 25.2 Å². The lowest BCUT2D eigenvalue weighted by Gasteiger charge is -2.11. The van der Waals surface area contributed by atoms with Gasteiger partial charge in [-0.15, -0.1) is 0 Å². The fourth-order valence-electron chi connectivity index (χ4n) is 2.03. The summed E-state index contributed by atoms with van der Waals surface area (Å²) >= 11 is 0. The normalized spacial score (nSPS) is 9.90. The second-order valence-corrected chi connectivity index (χ2v) is 4.47. The number of benzene rings is 1. The first-order chi connectivity index (χ1) is 9.63. The average Bonchev–Trinajstić information content (AvgIpc) is 2.41. The molecule has 0 aliphatic heterocycles. The van der Waals surface area contributed by atoms with E-state index in [1.54, 1.807) is 0 Å². The third-order valence-corrected chi connectivity index (χ3v) is 2.88. The van der Waals surface area contributed by atoms with Gasteiger partial charge in [0.25, 0.3) is 0 Å². The number of aryl methyl sites for hydroxylation is 2. The summed E-state index contributed by atoms with van der Waals surface area (Å²) in [5.74, 6) is 0.834. The fraction of sp³-hybridized carbons (Fsp3) is 0.250. The Morgan fingerprint density at radius 2 is 1.95 bits per heavy atom. The van der Waals surface area contributed by atoms with Crippen LogP contribution < -0.4 is 10.1 Å². The van der Waals surface area contributed by atoms with Crippen molar-refractivity contribution in [3.63, 3.8) is 0 Å².